The summed E-state index contributed by atoms with van der Waals surface area (Å²) in [6.07, 6.45) is 2.39. The molecule has 2 amide bonds. The van der Waals surface area contributed by atoms with E-state index >= 15 is 0 Å². The van der Waals surface area contributed by atoms with Crippen LogP contribution in [0.25, 0.3) is 0 Å². The zero-order valence-electron chi connectivity index (χ0n) is 18.0. The minimum atomic E-state index is -1.15. The van der Waals surface area contributed by atoms with Crippen LogP contribution in [-0.4, -0.2) is 65.1 Å². The molecule has 2 aliphatic rings. The standard InChI is InChI=1S/C22H26N4O5S/c1-13-3-6-19(27)26(13)10-14-4-5-17(16(9-14)21(29)30)23-20(28)18-12-32-22(24-18)25-8-7-15(11-25)31-2/h4-5,9,12-13,15H,3,6-8,10-11H2,1-2H3,(H,23,28)(H,29,30)/t13?,15-/m0/s1. The van der Waals surface area contributed by atoms with E-state index in [-0.39, 0.29) is 35.0 Å². The number of ether oxygens (including phenoxy) is 1. The van der Waals surface area contributed by atoms with Crippen LogP contribution >= 0.6 is 11.3 Å². The third-order valence-corrected chi connectivity index (χ3v) is 6.92. The largest absolute Gasteiger partial charge is 0.478 e. The maximum absolute atomic E-state index is 12.7. The number of carbonyl (C=O) groups excluding carboxylic acids is 2. The lowest BCUT2D eigenvalue weighted by Crippen LogP contribution is -2.30. The van der Waals surface area contributed by atoms with Gasteiger partial charge in [0, 0.05) is 44.6 Å². The number of hydrogen-bond donors (Lipinski definition) is 2. The van der Waals surface area contributed by atoms with Gasteiger partial charge in [0.15, 0.2) is 5.13 Å². The summed E-state index contributed by atoms with van der Waals surface area (Å²) in [6.45, 7) is 3.88. The van der Waals surface area contributed by atoms with Crippen molar-refractivity contribution in [3.63, 3.8) is 0 Å². The van der Waals surface area contributed by atoms with E-state index in [1.165, 1.54) is 17.4 Å². The van der Waals surface area contributed by atoms with Crippen molar-refractivity contribution in [2.24, 2.45) is 0 Å². The first-order valence-corrected chi connectivity index (χ1v) is 11.4. The Labute approximate surface area is 190 Å². The molecule has 2 atom stereocenters. The van der Waals surface area contributed by atoms with Crippen LogP contribution in [0.15, 0.2) is 23.6 Å². The number of nitrogens with one attached hydrogen (secondary N) is 1. The number of thiazole rings is 1. The molecule has 0 saturated carbocycles. The van der Waals surface area contributed by atoms with Gasteiger partial charge in [-0.15, -0.1) is 11.3 Å². The predicted molar refractivity (Wildman–Crippen MR) is 120 cm³/mol. The minimum absolute atomic E-state index is 0.0203. The monoisotopic (exact) mass is 458 g/mol. The van der Waals surface area contributed by atoms with E-state index in [2.05, 4.69) is 15.2 Å². The lowest BCUT2D eigenvalue weighted by molar-refractivity contribution is -0.129. The zero-order valence-corrected chi connectivity index (χ0v) is 18.9. The lowest BCUT2D eigenvalue weighted by atomic mass is 10.1. The predicted octanol–water partition coefficient (Wildman–Crippen LogP) is 2.83. The summed E-state index contributed by atoms with van der Waals surface area (Å²) < 4.78 is 5.37. The van der Waals surface area contributed by atoms with Gasteiger partial charge in [-0.05, 0) is 37.5 Å². The van der Waals surface area contributed by atoms with Crippen molar-refractivity contribution in [1.82, 2.24) is 9.88 Å². The number of carboxylic acid groups (broad SMARTS) is 1. The summed E-state index contributed by atoms with van der Waals surface area (Å²) >= 11 is 1.37. The average Bonchev–Trinajstić information content (AvgIpc) is 3.51. The van der Waals surface area contributed by atoms with Gasteiger partial charge in [-0.3, -0.25) is 9.59 Å². The number of hydrogen-bond acceptors (Lipinski definition) is 7. The number of anilines is 2. The van der Waals surface area contributed by atoms with E-state index < -0.39 is 11.9 Å². The van der Waals surface area contributed by atoms with E-state index in [4.69, 9.17) is 4.74 Å². The number of amides is 2. The highest BCUT2D eigenvalue weighted by Gasteiger charge is 2.28. The molecule has 2 aromatic rings. The molecule has 1 aromatic heterocycles. The van der Waals surface area contributed by atoms with Crippen molar-refractivity contribution in [1.29, 1.82) is 0 Å². The van der Waals surface area contributed by atoms with Gasteiger partial charge in [0.25, 0.3) is 5.91 Å². The molecular weight excluding hydrogens is 432 g/mol. The lowest BCUT2D eigenvalue weighted by Gasteiger charge is -2.22. The van der Waals surface area contributed by atoms with Crippen LogP contribution in [0.5, 0.6) is 0 Å². The van der Waals surface area contributed by atoms with Crippen molar-refractivity contribution < 1.29 is 24.2 Å². The molecule has 4 rings (SSSR count). The summed E-state index contributed by atoms with van der Waals surface area (Å²) in [5, 5.41) is 14.8. The molecule has 2 N–H and O–H groups in total. The molecule has 2 aliphatic heterocycles. The number of methoxy groups -OCH3 is 1. The summed E-state index contributed by atoms with van der Waals surface area (Å²) in [5.41, 5.74) is 1.12. The molecule has 2 saturated heterocycles. The first-order valence-electron chi connectivity index (χ1n) is 10.6. The molecule has 0 bridgehead atoms. The molecule has 9 nitrogen and oxygen atoms in total. The smallest absolute Gasteiger partial charge is 0.337 e. The van der Waals surface area contributed by atoms with E-state index in [0.717, 1.165) is 31.1 Å². The van der Waals surface area contributed by atoms with Crippen LogP contribution in [0.4, 0.5) is 10.8 Å². The summed E-state index contributed by atoms with van der Waals surface area (Å²) in [5.74, 6) is -1.54. The quantitative estimate of drug-likeness (QED) is 0.656. The van der Waals surface area contributed by atoms with Gasteiger partial charge in [-0.2, -0.15) is 0 Å². The maximum Gasteiger partial charge on any atom is 0.337 e. The highest BCUT2D eigenvalue weighted by molar-refractivity contribution is 7.14. The van der Waals surface area contributed by atoms with Crippen LogP contribution in [0, 0.1) is 0 Å². The third-order valence-electron chi connectivity index (χ3n) is 6.02. The fourth-order valence-electron chi connectivity index (χ4n) is 4.09. The van der Waals surface area contributed by atoms with Crippen molar-refractivity contribution >= 4 is 39.9 Å². The van der Waals surface area contributed by atoms with Crippen LogP contribution < -0.4 is 10.2 Å². The van der Waals surface area contributed by atoms with Crippen LogP contribution in [-0.2, 0) is 16.1 Å². The Morgan fingerprint density at radius 3 is 2.81 bits per heavy atom. The fourth-order valence-corrected chi connectivity index (χ4v) is 4.93. The van der Waals surface area contributed by atoms with Gasteiger partial charge in [-0.25, -0.2) is 9.78 Å². The number of benzene rings is 1. The van der Waals surface area contributed by atoms with Crippen molar-refractivity contribution in [2.75, 3.05) is 30.4 Å². The van der Waals surface area contributed by atoms with Crippen molar-refractivity contribution in [3.05, 3.63) is 40.4 Å². The highest BCUT2D eigenvalue weighted by atomic mass is 32.1. The number of nitrogens with zero attached hydrogens (tertiary/aromatic N) is 3. The van der Waals surface area contributed by atoms with Crippen LogP contribution in [0.3, 0.4) is 0 Å². The topological polar surface area (TPSA) is 112 Å². The Balaban J connectivity index is 1.47. The van der Waals surface area contributed by atoms with Gasteiger partial charge < -0.3 is 25.0 Å². The van der Waals surface area contributed by atoms with Gasteiger partial charge >= 0.3 is 5.97 Å². The van der Waals surface area contributed by atoms with Gasteiger partial charge in [0.05, 0.1) is 17.4 Å². The van der Waals surface area contributed by atoms with Crippen molar-refractivity contribution in [2.45, 2.75) is 44.9 Å². The minimum Gasteiger partial charge on any atom is -0.478 e. The normalized spacial score (nSPS) is 20.8. The Bertz CT molecular complexity index is 1040. The Hall–Kier alpha value is -2.98. The number of carboxylic acids is 1. The number of rotatable bonds is 7. The summed E-state index contributed by atoms with van der Waals surface area (Å²) in [6, 6.07) is 4.95. The molecule has 3 heterocycles. The van der Waals surface area contributed by atoms with Gasteiger partial charge in [0.2, 0.25) is 5.91 Å². The Morgan fingerprint density at radius 2 is 2.16 bits per heavy atom. The van der Waals surface area contributed by atoms with E-state index in [0.29, 0.717) is 18.5 Å². The number of likely N-dealkylation sites (tertiary alicyclic amines) is 1. The molecule has 170 valence electrons. The average molecular weight is 459 g/mol. The zero-order chi connectivity index (χ0) is 22.8. The second-order valence-corrected chi connectivity index (χ2v) is 8.99. The molecule has 0 spiro atoms. The molecule has 1 unspecified atom stereocenters. The third kappa shape index (κ3) is 4.61. The van der Waals surface area contributed by atoms with E-state index in [1.807, 2.05) is 6.92 Å². The maximum atomic E-state index is 12.7. The molecule has 0 radical (unpaired) electrons. The summed E-state index contributed by atoms with van der Waals surface area (Å²) in [7, 11) is 1.68. The van der Waals surface area contributed by atoms with Gasteiger partial charge in [-0.1, -0.05) is 6.07 Å². The fraction of sp³-hybridized carbons (Fsp3) is 0.455. The van der Waals surface area contributed by atoms with E-state index in [1.54, 1.807) is 29.5 Å². The first-order chi connectivity index (χ1) is 15.4. The number of aromatic nitrogens is 1. The summed E-state index contributed by atoms with van der Waals surface area (Å²) in [4.78, 5) is 44.9. The van der Waals surface area contributed by atoms with Crippen LogP contribution in [0.2, 0.25) is 0 Å². The molecule has 1 aromatic carbocycles. The SMILES string of the molecule is CO[C@H]1CCN(c2nc(C(=O)Nc3ccc(CN4C(=O)CCC4C)cc3C(=O)O)cs2)C1. The van der Waals surface area contributed by atoms with E-state index in [9.17, 15) is 19.5 Å². The van der Waals surface area contributed by atoms with Crippen molar-refractivity contribution in [3.8, 4) is 0 Å². The highest BCUT2D eigenvalue weighted by Crippen LogP contribution is 2.27. The molecular formula is C22H26N4O5S. The number of carbonyl (C=O) groups is 3. The Morgan fingerprint density at radius 1 is 1.34 bits per heavy atom. The van der Waals surface area contributed by atoms with Crippen LogP contribution in [0.1, 0.15) is 52.6 Å². The second kappa shape index (κ2) is 9.25. The second-order valence-electron chi connectivity index (χ2n) is 8.16. The first kappa shape index (κ1) is 22.2. The molecule has 2 fully saturated rings. The number of aromatic carboxylic acids is 1. The molecule has 0 aliphatic carbocycles. The molecule has 10 heteroatoms. The van der Waals surface area contributed by atoms with Gasteiger partial charge in [0.1, 0.15) is 5.69 Å². The Kier molecular flexibility index (Phi) is 6.43. The molecule has 32 heavy (non-hydrogen) atoms.